The first-order valence-electron chi connectivity index (χ1n) is 11.2. The number of rotatable bonds is 3. The summed E-state index contributed by atoms with van der Waals surface area (Å²) in [5, 5.41) is 1.86. The molecule has 0 unspecified atom stereocenters. The maximum atomic E-state index is 13.0. The molecule has 28 heavy (non-hydrogen) atoms. The highest BCUT2D eigenvalue weighted by atomic mass is 32.1. The molecule has 6 heteroatoms. The molecular formula is C22H31N3O2S. The Kier molecular flexibility index (Phi) is 5.16. The first-order chi connectivity index (χ1) is 13.7. The Balaban J connectivity index is 1.40. The molecule has 4 fully saturated rings. The van der Waals surface area contributed by atoms with Gasteiger partial charge in [-0.3, -0.25) is 9.59 Å². The van der Waals surface area contributed by atoms with Crippen molar-refractivity contribution in [2.24, 2.45) is 17.8 Å². The molecule has 2 amide bonds. The van der Waals surface area contributed by atoms with Gasteiger partial charge in [0.1, 0.15) is 5.69 Å². The van der Waals surface area contributed by atoms with Gasteiger partial charge in [-0.1, -0.05) is 32.1 Å². The van der Waals surface area contributed by atoms with Crippen LogP contribution in [-0.4, -0.2) is 51.8 Å². The number of hydrogen-bond acceptors (Lipinski definition) is 4. The Morgan fingerprint density at radius 2 is 1.93 bits per heavy atom. The predicted molar refractivity (Wildman–Crippen MR) is 109 cm³/mol. The first-order valence-corrected chi connectivity index (χ1v) is 12.1. The van der Waals surface area contributed by atoms with Gasteiger partial charge < -0.3 is 9.80 Å². The number of fused-ring (bicyclic) bond motifs is 4. The van der Waals surface area contributed by atoms with Crippen LogP contribution >= 0.6 is 11.3 Å². The van der Waals surface area contributed by atoms with Gasteiger partial charge in [0.05, 0.1) is 5.51 Å². The van der Waals surface area contributed by atoms with Crippen LogP contribution in [0.1, 0.15) is 74.7 Å². The molecule has 1 saturated carbocycles. The van der Waals surface area contributed by atoms with E-state index in [-0.39, 0.29) is 5.91 Å². The van der Waals surface area contributed by atoms with Crippen molar-refractivity contribution in [1.29, 1.82) is 0 Å². The molecule has 5 rings (SSSR count). The number of carbonyl (C=O) groups is 2. The van der Waals surface area contributed by atoms with Crippen LogP contribution in [0.5, 0.6) is 0 Å². The summed E-state index contributed by atoms with van der Waals surface area (Å²) in [7, 11) is 0. The van der Waals surface area contributed by atoms with Crippen LogP contribution in [0.3, 0.4) is 0 Å². The monoisotopic (exact) mass is 401 g/mol. The van der Waals surface area contributed by atoms with Crippen molar-refractivity contribution in [2.45, 2.75) is 76.3 Å². The van der Waals surface area contributed by atoms with Crippen LogP contribution in [0.4, 0.5) is 0 Å². The highest BCUT2D eigenvalue weighted by Gasteiger charge is 2.50. The third-order valence-corrected chi connectivity index (χ3v) is 8.32. The third kappa shape index (κ3) is 3.38. The number of amides is 2. The summed E-state index contributed by atoms with van der Waals surface area (Å²) in [4.78, 5) is 34.6. The van der Waals surface area contributed by atoms with Gasteiger partial charge in [0.15, 0.2) is 0 Å². The topological polar surface area (TPSA) is 53.5 Å². The van der Waals surface area contributed by atoms with E-state index in [9.17, 15) is 9.59 Å². The van der Waals surface area contributed by atoms with E-state index in [4.69, 9.17) is 0 Å². The molecule has 0 spiro atoms. The van der Waals surface area contributed by atoms with Gasteiger partial charge in [0.25, 0.3) is 5.91 Å². The second-order valence-electron chi connectivity index (χ2n) is 9.41. The third-order valence-electron chi connectivity index (χ3n) is 7.73. The molecule has 4 atom stereocenters. The molecule has 4 heterocycles. The zero-order chi connectivity index (χ0) is 19.1. The Labute approximate surface area is 171 Å². The Bertz CT molecular complexity index is 715. The number of nitrogens with zero attached hydrogens (tertiary/aromatic N) is 3. The van der Waals surface area contributed by atoms with E-state index < -0.39 is 0 Å². The Morgan fingerprint density at radius 3 is 2.71 bits per heavy atom. The number of hydrogen-bond donors (Lipinski definition) is 0. The van der Waals surface area contributed by atoms with Crippen molar-refractivity contribution in [1.82, 2.24) is 14.8 Å². The first kappa shape index (κ1) is 18.6. The minimum absolute atomic E-state index is 0.0861. The summed E-state index contributed by atoms with van der Waals surface area (Å²) in [6.07, 6.45) is 11.9. The van der Waals surface area contributed by atoms with Crippen LogP contribution in [-0.2, 0) is 4.79 Å². The van der Waals surface area contributed by atoms with Gasteiger partial charge in [-0.25, -0.2) is 4.98 Å². The average molecular weight is 402 g/mol. The molecule has 5 nitrogen and oxygen atoms in total. The lowest BCUT2D eigenvalue weighted by Crippen LogP contribution is -2.65. The highest BCUT2D eigenvalue weighted by Crippen LogP contribution is 2.44. The molecule has 0 N–H and O–H groups in total. The van der Waals surface area contributed by atoms with Gasteiger partial charge in [0, 0.05) is 37.0 Å². The molecule has 1 aliphatic carbocycles. The van der Waals surface area contributed by atoms with Gasteiger partial charge in [-0.15, -0.1) is 11.3 Å². The van der Waals surface area contributed by atoms with Gasteiger partial charge in [0.2, 0.25) is 5.91 Å². The number of piperidine rings is 3. The van der Waals surface area contributed by atoms with Crippen LogP contribution in [0, 0.1) is 17.8 Å². The lowest BCUT2D eigenvalue weighted by molar-refractivity contribution is -0.153. The van der Waals surface area contributed by atoms with E-state index in [1.54, 1.807) is 5.51 Å². The van der Waals surface area contributed by atoms with Gasteiger partial charge in [-0.2, -0.15) is 0 Å². The van der Waals surface area contributed by atoms with E-state index >= 15 is 0 Å². The summed E-state index contributed by atoms with van der Waals surface area (Å²) in [6, 6.07) is 0.681. The van der Waals surface area contributed by atoms with Crippen molar-refractivity contribution in [3.8, 4) is 0 Å². The number of likely N-dealkylation sites (tertiary alicyclic amines) is 1. The standard InChI is InChI=1S/C22H31N3O2S/c26-21-8-4-7-19-16-10-17(12-24(11-16)22(27)18-13-28-14-23-18)20(25(19)21)9-15-5-2-1-3-6-15/h13-17,19-20H,1-12H2/t16-,17+,19+,20+/m1/s1. The van der Waals surface area contributed by atoms with E-state index in [2.05, 4.69) is 14.8 Å². The zero-order valence-corrected chi connectivity index (χ0v) is 17.4. The van der Waals surface area contributed by atoms with Crippen LogP contribution in [0.25, 0.3) is 0 Å². The van der Waals surface area contributed by atoms with Crippen LogP contribution in [0.15, 0.2) is 10.9 Å². The van der Waals surface area contributed by atoms with Crippen molar-refractivity contribution in [2.75, 3.05) is 13.1 Å². The van der Waals surface area contributed by atoms with Gasteiger partial charge >= 0.3 is 0 Å². The molecule has 2 bridgehead atoms. The quantitative estimate of drug-likeness (QED) is 0.770. The second kappa shape index (κ2) is 7.77. The minimum Gasteiger partial charge on any atom is -0.337 e. The fourth-order valence-corrected chi connectivity index (χ4v) is 7.01. The SMILES string of the molecule is O=C(c1cscn1)N1C[C@H]2C[C@@H](C1)[C@H](CC1CCCCC1)N1C(=O)CCC[C@@H]21. The largest absolute Gasteiger partial charge is 0.337 e. The summed E-state index contributed by atoms with van der Waals surface area (Å²) in [5.41, 5.74) is 2.33. The van der Waals surface area contributed by atoms with E-state index in [1.165, 1.54) is 49.9 Å². The van der Waals surface area contributed by atoms with Crippen molar-refractivity contribution in [3.63, 3.8) is 0 Å². The summed E-state index contributed by atoms with van der Waals surface area (Å²) in [5.74, 6) is 2.10. The summed E-state index contributed by atoms with van der Waals surface area (Å²) >= 11 is 1.48. The fraction of sp³-hybridized carbons (Fsp3) is 0.773. The normalized spacial score (nSPS) is 33.6. The maximum Gasteiger partial charge on any atom is 0.273 e. The molecule has 4 aliphatic rings. The molecule has 1 aromatic heterocycles. The van der Waals surface area contributed by atoms with Gasteiger partial charge in [-0.05, 0) is 43.4 Å². The van der Waals surface area contributed by atoms with Crippen molar-refractivity contribution < 1.29 is 9.59 Å². The molecule has 0 radical (unpaired) electrons. The number of thiazole rings is 1. The zero-order valence-electron chi connectivity index (χ0n) is 16.6. The smallest absolute Gasteiger partial charge is 0.273 e. The molecule has 3 saturated heterocycles. The Hall–Kier alpha value is -1.43. The van der Waals surface area contributed by atoms with E-state index in [0.717, 1.165) is 44.7 Å². The van der Waals surface area contributed by atoms with Crippen LogP contribution in [0.2, 0.25) is 0 Å². The molecular weight excluding hydrogens is 370 g/mol. The number of carbonyl (C=O) groups excluding carboxylic acids is 2. The highest BCUT2D eigenvalue weighted by molar-refractivity contribution is 7.07. The van der Waals surface area contributed by atoms with Crippen molar-refractivity contribution >= 4 is 23.2 Å². The number of aromatic nitrogens is 1. The predicted octanol–water partition coefficient (Wildman–Crippen LogP) is 3.96. The Morgan fingerprint density at radius 1 is 1.11 bits per heavy atom. The molecule has 152 valence electrons. The lowest BCUT2D eigenvalue weighted by Gasteiger charge is -2.57. The molecule has 0 aromatic carbocycles. The maximum absolute atomic E-state index is 13.0. The summed E-state index contributed by atoms with van der Waals surface area (Å²) < 4.78 is 0. The molecule has 3 aliphatic heterocycles. The second-order valence-corrected chi connectivity index (χ2v) is 10.1. The van der Waals surface area contributed by atoms with Crippen LogP contribution < -0.4 is 0 Å². The minimum atomic E-state index is 0.0861. The van der Waals surface area contributed by atoms with E-state index in [1.807, 2.05) is 5.38 Å². The summed E-state index contributed by atoms with van der Waals surface area (Å²) in [6.45, 7) is 1.58. The van der Waals surface area contributed by atoms with Crippen molar-refractivity contribution in [3.05, 3.63) is 16.6 Å². The molecule has 1 aromatic rings. The fourth-order valence-electron chi connectivity index (χ4n) is 6.49. The average Bonchev–Trinajstić information content (AvgIpc) is 3.26. The van der Waals surface area contributed by atoms with E-state index in [0.29, 0.717) is 35.5 Å². The lowest BCUT2D eigenvalue weighted by atomic mass is 9.69.